The quantitative estimate of drug-likeness (QED) is 0.578. The van der Waals surface area contributed by atoms with Crippen molar-refractivity contribution in [2.45, 2.75) is 79.8 Å². The van der Waals surface area contributed by atoms with Gasteiger partial charge >= 0.3 is 5.97 Å². The number of carbonyl (C=O) groups is 1. The van der Waals surface area contributed by atoms with Crippen LogP contribution in [-0.2, 0) is 9.53 Å². The lowest BCUT2D eigenvalue weighted by molar-refractivity contribution is -0.150. The van der Waals surface area contributed by atoms with Gasteiger partial charge in [-0.2, -0.15) is 5.26 Å². The van der Waals surface area contributed by atoms with Gasteiger partial charge in [0.05, 0.1) is 23.3 Å². The molecule has 156 valence electrons. The molecule has 0 N–H and O–H groups in total. The third-order valence-electron chi connectivity index (χ3n) is 4.83. The Kier molecular flexibility index (Phi) is 6.73. The first-order valence-electron chi connectivity index (χ1n) is 10.4. The molecule has 0 spiro atoms. The molecule has 4 heteroatoms. The number of benzene rings is 1. The molecular formula is C25H34N2O2. The van der Waals surface area contributed by atoms with E-state index < -0.39 is 11.5 Å². The number of carbonyl (C=O) groups excluding carboxylic acids is 1. The van der Waals surface area contributed by atoms with Gasteiger partial charge < -0.3 is 4.74 Å². The van der Waals surface area contributed by atoms with Gasteiger partial charge in [0.15, 0.2) is 0 Å². The summed E-state index contributed by atoms with van der Waals surface area (Å²) >= 11 is 0. The van der Waals surface area contributed by atoms with Crippen molar-refractivity contribution in [3.63, 3.8) is 0 Å². The number of esters is 1. The minimum atomic E-state index is -0.613. The molecule has 29 heavy (non-hydrogen) atoms. The summed E-state index contributed by atoms with van der Waals surface area (Å²) in [5.41, 5.74) is 3.59. The normalized spacial score (nSPS) is 20.2. The SMILES string of the molecule is CCC1=C(C(=O)OC(C)(C)C)C(c2ccc(C)cc2)C(C#N)C(CC(C)(C)C)=N1. The van der Waals surface area contributed by atoms with E-state index in [-0.39, 0.29) is 17.3 Å². The van der Waals surface area contributed by atoms with Gasteiger partial charge in [0.25, 0.3) is 0 Å². The number of ether oxygens (including phenoxy) is 1. The van der Waals surface area contributed by atoms with E-state index in [1.165, 1.54) is 0 Å². The molecule has 2 rings (SSSR count). The summed E-state index contributed by atoms with van der Waals surface area (Å²) in [4.78, 5) is 18.1. The zero-order valence-electron chi connectivity index (χ0n) is 19.1. The summed E-state index contributed by atoms with van der Waals surface area (Å²) < 4.78 is 5.74. The Labute approximate surface area is 175 Å². The third kappa shape index (κ3) is 5.79. The lowest BCUT2D eigenvalue weighted by Gasteiger charge is -2.34. The third-order valence-corrected chi connectivity index (χ3v) is 4.83. The van der Waals surface area contributed by atoms with Crippen molar-refractivity contribution in [2.75, 3.05) is 0 Å². The van der Waals surface area contributed by atoms with E-state index in [0.717, 1.165) is 22.5 Å². The maximum atomic E-state index is 13.2. The fourth-order valence-corrected chi connectivity index (χ4v) is 3.66. The van der Waals surface area contributed by atoms with E-state index in [2.05, 4.69) is 26.8 Å². The molecule has 0 radical (unpaired) electrons. The number of aryl methyl sites for hydroxylation is 1. The monoisotopic (exact) mass is 394 g/mol. The smallest absolute Gasteiger partial charge is 0.337 e. The van der Waals surface area contributed by atoms with Crippen molar-refractivity contribution in [1.29, 1.82) is 5.26 Å². The van der Waals surface area contributed by atoms with Gasteiger partial charge in [-0.25, -0.2) is 4.79 Å². The molecule has 1 aliphatic rings. The number of nitrogens with zero attached hydrogens (tertiary/aromatic N) is 2. The molecule has 1 aromatic rings. The number of hydrogen-bond donors (Lipinski definition) is 0. The summed E-state index contributed by atoms with van der Waals surface area (Å²) in [5, 5.41) is 10.1. The first-order valence-corrected chi connectivity index (χ1v) is 10.4. The number of allylic oxidation sites excluding steroid dienone is 1. The molecule has 0 aromatic heterocycles. The van der Waals surface area contributed by atoms with Gasteiger partial charge in [-0.05, 0) is 51.5 Å². The minimum absolute atomic E-state index is 0.00592. The molecule has 0 aliphatic carbocycles. The van der Waals surface area contributed by atoms with Crippen molar-refractivity contribution in [3.8, 4) is 6.07 Å². The first kappa shape index (κ1) is 22.9. The Morgan fingerprint density at radius 1 is 1.14 bits per heavy atom. The Bertz CT molecular complexity index is 856. The van der Waals surface area contributed by atoms with Gasteiger partial charge in [-0.15, -0.1) is 0 Å². The molecule has 0 amide bonds. The Balaban J connectivity index is 2.70. The Hall–Kier alpha value is -2.41. The van der Waals surface area contributed by atoms with E-state index in [9.17, 15) is 10.1 Å². The van der Waals surface area contributed by atoms with Crippen molar-refractivity contribution in [2.24, 2.45) is 16.3 Å². The zero-order chi connectivity index (χ0) is 22.0. The van der Waals surface area contributed by atoms with Crippen LogP contribution in [0, 0.1) is 29.6 Å². The molecule has 0 saturated heterocycles. The van der Waals surface area contributed by atoms with Crippen LogP contribution in [0.15, 0.2) is 40.5 Å². The second-order valence-electron chi connectivity index (χ2n) is 10.1. The van der Waals surface area contributed by atoms with Crippen LogP contribution in [0.1, 0.15) is 78.4 Å². The Morgan fingerprint density at radius 2 is 1.72 bits per heavy atom. The average Bonchev–Trinajstić information content (AvgIpc) is 2.58. The van der Waals surface area contributed by atoms with E-state index in [4.69, 9.17) is 9.73 Å². The van der Waals surface area contributed by atoms with E-state index in [1.54, 1.807) is 0 Å². The predicted molar refractivity (Wildman–Crippen MR) is 118 cm³/mol. The largest absolute Gasteiger partial charge is 0.457 e. The summed E-state index contributed by atoms with van der Waals surface area (Å²) in [6, 6.07) is 10.5. The molecule has 1 aromatic carbocycles. The van der Waals surface area contributed by atoms with Crippen molar-refractivity contribution >= 4 is 11.7 Å². The van der Waals surface area contributed by atoms with Crippen LogP contribution in [0.4, 0.5) is 0 Å². The fourth-order valence-electron chi connectivity index (χ4n) is 3.66. The number of aliphatic imine (C=N–C) groups is 1. The summed E-state index contributed by atoms with van der Waals surface area (Å²) in [6.07, 6.45) is 1.32. The molecule has 4 nitrogen and oxygen atoms in total. The Morgan fingerprint density at radius 3 is 2.17 bits per heavy atom. The van der Waals surface area contributed by atoms with Crippen LogP contribution in [-0.4, -0.2) is 17.3 Å². The van der Waals surface area contributed by atoms with Crippen molar-refractivity contribution < 1.29 is 9.53 Å². The maximum absolute atomic E-state index is 13.2. The van der Waals surface area contributed by atoms with Crippen LogP contribution in [0.3, 0.4) is 0 Å². The summed E-state index contributed by atoms with van der Waals surface area (Å²) in [6.45, 7) is 16.0. The van der Waals surface area contributed by atoms with Gasteiger partial charge in [-0.3, -0.25) is 4.99 Å². The summed E-state index contributed by atoms with van der Waals surface area (Å²) in [5.74, 6) is -1.24. The van der Waals surface area contributed by atoms with Crippen LogP contribution in [0.2, 0.25) is 0 Å². The molecule has 2 atom stereocenters. The van der Waals surface area contributed by atoms with Crippen molar-refractivity contribution in [1.82, 2.24) is 0 Å². The molecule has 1 heterocycles. The topological polar surface area (TPSA) is 62.5 Å². The summed E-state index contributed by atoms with van der Waals surface area (Å²) in [7, 11) is 0. The standard InChI is InChI=1S/C25H34N2O2/c1-9-19-22(23(28)29-25(6,7)8)21(17-12-10-16(2)11-13-17)18(15-26)20(27-19)14-24(3,4)5/h10-13,18,21H,9,14H2,1-8H3. The lowest BCUT2D eigenvalue weighted by Crippen LogP contribution is -2.35. The van der Waals surface area contributed by atoms with Crippen molar-refractivity contribution in [3.05, 3.63) is 46.7 Å². The number of nitriles is 1. The second kappa shape index (κ2) is 8.53. The average molecular weight is 395 g/mol. The molecule has 0 bridgehead atoms. The van der Waals surface area contributed by atoms with E-state index >= 15 is 0 Å². The molecule has 1 aliphatic heterocycles. The van der Waals surface area contributed by atoms with Crippen LogP contribution >= 0.6 is 0 Å². The molecular weight excluding hydrogens is 360 g/mol. The minimum Gasteiger partial charge on any atom is -0.457 e. The van der Waals surface area contributed by atoms with Gasteiger partial charge in [0.2, 0.25) is 0 Å². The predicted octanol–water partition coefficient (Wildman–Crippen LogP) is 6.12. The highest BCUT2D eigenvalue weighted by molar-refractivity contribution is 5.99. The number of hydrogen-bond acceptors (Lipinski definition) is 4. The molecule has 0 fully saturated rings. The lowest BCUT2D eigenvalue weighted by atomic mass is 9.72. The maximum Gasteiger partial charge on any atom is 0.337 e. The molecule has 2 unspecified atom stereocenters. The number of rotatable bonds is 4. The van der Waals surface area contributed by atoms with E-state index in [1.807, 2.05) is 58.9 Å². The highest BCUT2D eigenvalue weighted by atomic mass is 16.6. The first-order chi connectivity index (χ1) is 13.4. The van der Waals surface area contributed by atoms with Gasteiger partial charge in [0, 0.05) is 11.6 Å². The zero-order valence-corrected chi connectivity index (χ0v) is 19.1. The van der Waals surface area contributed by atoms with Crippen LogP contribution in [0.25, 0.3) is 0 Å². The van der Waals surface area contributed by atoms with Gasteiger partial charge in [-0.1, -0.05) is 57.5 Å². The van der Waals surface area contributed by atoms with Gasteiger partial charge in [0.1, 0.15) is 5.60 Å². The van der Waals surface area contributed by atoms with Crippen LogP contribution < -0.4 is 0 Å². The fraction of sp³-hybridized carbons (Fsp3) is 0.560. The van der Waals surface area contributed by atoms with Crippen LogP contribution in [0.5, 0.6) is 0 Å². The second-order valence-corrected chi connectivity index (χ2v) is 10.1. The van der Waals surface area contributed by atoms with E-state index in [0.29, 0.717) is 18.4 Å². The highest BCUT2D eigenvalue weighted by Crippen LogP contribution is 2.42. The molecule has 0 saturated carbocycles. The highest BCUT2D eigenvalue weighted by Gasteiger charge is 2.41.